The molecule has 2 N–H and O–H groups in total. The van der Waals surface area contributed by atoms with Crippen molar-refractivity contribution in [3.63, 3.8) is 0 Å². The van der Waals surface area contributed by atoms with E-state index >= 15 is 0 Å². The van der Waals surface area contributed by atoms with E-state index in [-0.39, 0.29) is 5.69 Å². The van der Waals surface area contributed by atoms with E-state index in [1.807, 2.05) is 0 Å². The lowest BCUT2D eigenvalue weighted by atomic mass is 10.2. The zero-order chi connectivity index (χ0) is 13.8. The number of methoxy groups -OCH3 is 2. The molecule has 1 aromatic heterocycles. The summed E-state index contributed by atoms with van der Waals surface area (Å²) < 4.78 is 10.3. The Hall–Kier alpha value is -2.28. The predicted octanol–water partition coefficient (Wildman–Crippen LogP) is 2.60. The predicted molar refractivity (Wildman–Crippen MR) is 71.9 cm³/mol. The molecule has 0 amide bonds. The van der Waals surface area contributed by atoms with Gasteiger partial charge >= 0.3 is 5.97 Å². The molecule has 0 fully saturated rings. The van der Waals surface area contributed by atoms with Crippen LogP contribution in [0.4, 0.5) is 10.7 Å². The van der Waals surface area contributed by atoms with E-state index in [9.17, 15) is 4.79 Å². The quantitative estimate of drug-likeness (QED) is 0.876. The van der Waals surface area contributed by atoms with Crippen molar-refractivity contribution in [2.24, 2.45) is 0 Å². The first-order valence-electron chi connectivity index (χ1n) is 5.31. The van der Waals surface area contributed by atoms with Gasteiger partial charge in [0.05, 0.1) is 25.4 Å². The van der Waals surface area contributed by atoms with E-state index < -0.39 is 5.97 Å². The van der Waals surface area contributed by atoms with Crippen molar-refractivity contribution in [3.05, 3.63) is 29.4 Å². The molecule has 0 atom stereocenters. The Kier molecular flexibility index (Phi) is 3.86. The molecule has 1 aromatic carbocycles. The number of aromatic nitrogens is 1. The fourth-order valence-corrected chi connectivity index (χ4v) is 2.20. The van der Waals surface area contributed by atoms with Crippen molar-refractivity contribution < 1.29 is 19.4 Å². The molecule has 2 rings (SSSR count). The van der Waals surface area contributed by atoms with Crippen LogP contribution in [0.15, 0.2) is 23.7 Å². The van der Waals surface area contributed by atoms with Gasteiger partial charge in [0, 0.05) is 6.07 Å². The second kappa shape index (κ2) is 5.57. The van der Waals surface area contributed by atoms with Crippen LogP contribution in [0.5, 0.6) is 11.5 Å². The Morgan fingerprint density at radius 2 is 2.16 bits per heavy atom. The Morgan fingerprint density at radius 3 is 2.79 bits per heavy atom. The number of benzene rings is 1. The molecule has 100 valence electrons. The lowest BCUT2D eigenvalue weighted by molar-refractivity contribution is 0.0692. The number of hydrogen-bond acceptors (Lipinski definition) is 6. The molecule has 0 bridgehead atoms. The number of aromatic carboxylic acids is 1. The fourth-order valence-electron chi connectivity index (χ4n) is 1.51. The first-order valence-corrected chi connectivity index (χ1v) is 6.19. The first kappa shape index (κ1) is 13.2. The number of thiazole rings is 1. The van der Waals surface area contributed by atoms with Crippen LogP contribution in [0.2, 0.25) is 0 Å². The van der Waals surface area contributed by atoms with Gasteiger partial charge in [-0.05, 0) is 12.1 Å². The monoisotopic (exact) mass is 280 g/mol. The van der Waals surface area contributed by atoms with Gasteiger partial charge in [-0.25, -0.2) is 9.78 Å². The number of ether oxygens (including phenoxy) is 2. The Bertz CT molecular complexity index is 597. The molecule has 1 heterocycles. The normalized spacial score (nSPS) is 10.0. The van der Waals surface area contributed by atoms with Crippen LogP contribution in [-0.4, -0.2) is 30.3 Å². The van der Waals surface area contributed by atoms with Crippen LogP contribution in [0.3, 0.4) is 0 Å². The van der Waals surface area contributed by atoms with E-state index in [4.69, 9.17) is 14.6 Å². The van der Waals surface area contributed by atoms with Gasteiger partial charge in [0.25, 0.3) is 0 Å². The topological polar surface area (TPSA) is 80.7 Å². The van der Waals surface area contributed by atoms with Crippen LogP contribution in [-0.2, 0) is 0 Å². The average molecular weight is 280 g/mol. The molecule has 0 radical (unpaired) electrons. The van der Waals surface area contributed by atoms with Gasteiger partial charge in [0.1, 0.15) is 16.5 Å². The largest absolute Gasteiger partial charge is 0.497 e. The highest BCUT2D eigenvalue weighted by Crippen LogP contribution is 2.33. The Morgan fingerprint density at radius 1 is 1.37 bits per heavy atom. The standard InChI is InChI=1S/C12H12N2O4S/c1-17-7-3-4-8(9(5-7)18-2)14-11-10(12(15)16)13-6-19-11/h3-6,14H,1-2H3,(H,15,16). The highest BCUT2D eigenvalue weighted by Gasteiger charge is 2.15. The number of carboxylic acids is 1. The molecular weight excluding hydrogens is 268 g/mol. The SMILES string of the molecule is COc1ccc(Nc2scnc2C(=O)O)c(OC)c1. The second-order valence-electron chi connectivity index (χ2n) is 3.53. The first-order chi connectivity index (χ1) is 9.15. The molecule has 0 saturated carbocycles. The summed E-state index contributed by atoms with van der Waals surface area (Å²) in [6.07, 6.45) is 0. The number of anilines is 2. The fraction of sp³-hybridized carbons (Fsp3) is 0.167. The van der Waals surface area contributed by atoms with E-state index in [1.54, 1.807) is 25.3 Å². The summed E-state index contributed by atoms with van der Waals surface area (Å²) in [6, 6.07) is 5.22. The molecule has 7 heteroatoms. The van der Waals surface area contributed by atoms with Crippen molar-refractivity contribution in [1.82, 2.24) is 4.98 Å². The summed E-state index contributed by atoms with van der Waals surface area (Å²) in [7, 11) is 3.10. The molecule has 0 saturated heterocycles. The van der Waals surface area contributed by atoms with Crippen LogP contribution in [0.1, 0.15) is 10.5 Å². The molecule has 0 aliphatic heterocycles. The number of nitrogens with zero attached hydrogens (tertiary/aromatic N) is 1. The maximum Gasteiger partial charge on any atom is 0.357 e. The third kappa shape index (κ3) is 2.76. The average Bonchev–Trinajstić information content (AvgIpc) is 2.87. The van der Waals surface area contributed by atoms with E-state index in [1.165, 1.54) is 24.0 Å². The van der Waals surface area contributed by atoms with Gasteiger partial charge in [-0.15, -0.1) is 11.3 Å². The third-order valence-corrected chi connectivity index (χ3v) is 3.17. The highest BCUT2D eigenvalue weighted by molar-refractivity contribution is 7.14. The minimum absolute atomic E-state index is 0.0112. The lowest BCUT2D eigenvalue weighted by Crippen LogP contribution is -2.02. The molecule has 2 aromatic rings. The summed E-state index contributed by atoms with van der Waals surface area (Å²) in [4.78, 5) is 14.8. The van der Waals surface area contributed by atoms with E-state index in [2.05, 4.69) is 10.3 Å². The molecule has 6 nitrogen and oxygen atoms in total. The van der Waals surface area contributed by atoms with Crippen LogP contribution in [0, 0.1) is 0 Å². The van der Waals surface area contributed by atoms with Crippen molar-refractivity contribution in [2.45, 2.75) is 0 Å². The summed E-state index contributed by atoms with van der Waals surface area (Å²) >= 11 is 1.21. The van der Waals surface area contributed by atoms with Gasteiger partial charge in [-0.2, -0.15) is 0 Å². The van der Waals surface area contributed by atoms with Crippen molar-refractivity contribution >= 4 is 28.0 Å². The zero-order valence-electron chi connectivity index (χ0n) is 10.3. The number of carbonyl (C=O) groups is 1. The lowest BCUT2D eigenvalue weighted by Gasteiger charge is -2.11. The smallest absolute Gasteiger partial charge is 0.357 e. The minimum atomic E-state index is -1.07. The molecule has 0 aliphatic rings. The van der Waals surface area contributed by atoms with Crippen LogP contribution >= 0.6 is 11.3 Å². The van der Waals surface area contributed by atoms with Gasteiger partial charge in [0.2, 0.25) is 0 Å². The number of hydrogen-bond donors (Lipinski definition) is 2. The van der Waals surface area contributed by atoms with Crippen molar-refractivity contribution in [2.75, 3.05) is 19.5 Å². The summed E-state index contributed by atoms with van der Waals surface area (Å²) in [6.45, 7) is 0. The second-order valence-corrected chi connectivity index (χ2v) is 4.38. The maximum atomic E-state index is 11.0. The van der Waals surface area contributed by atoms with E-state index in [0.29, 0.717) is 22.2 Å². The summed E-state index contributed by atoms with van der Waals surface area (Å²) in [5.41, 5.74) is 2.11. The third-order valence-electron chi connectivity index (χ3n) is 2.43. The van der Waals surface area contributed by atoms with Gasteiger partial charge < -0.3 is 19.9 Å². The molecule has 0 unspecified atom stereocenters. The maximum absolute atomic E-state index is 11.0. The van der Waals surface area contributed by atoms with E-state index in [0.717, 1.165) is 0 Å². The molecule has 0 spiro atoms. The Balaban J connectivity index is 2.32. The highest BCUT2D eigenvalue weighted by atomic mass is 32.1. The Labute approximate surface area is 113 Å². The minimum Gasteiger partial charge on any atom is -0.497 e. The number of carboxylic acid groups (broad SMARTS) is 1. The summed E-state index contributed by atoms with van der Waals surface area (Å²) in [5, 5.41) is 12.4. The van der Waals surface area contributed by atoms with Gasteiger partial charge in [-0.3, -0.25) is 0 Å². The van der Waals surface area contributed by atoms with Gasteiger partial charge in [-0.1, -0.05) is 0 Å². The van der Waals surface area contributed by atoms with Crippen LogP contribution < -0.4 is 14.8 Å². The zero-order valence-corrected chi connectivity index (χ0v) is 11.2. The molecular formula is C12H12N2O4S. The van der Waals surface area contributed by atoms with Crippen molar-refractivity contribution in [3.8, 4) is 11.5 Å². The van der Waals surface area contributed by atoms with Gasteiger partial charge in [0.15, 0.2) is 5.69 Å². The van der Waals surface area contributed by atoms with Crippen molar-refractivity contribution in [1.29, 1.82) is 0 Å². The molecule has 19 heavy (non-hydrogen) atoms. The summed E-state index contributed by atoms with van der Waals surface area (Å²) in [5.74, 6) is 0.144. The number of nitrogens with one attached hydrogen (secondary N) is 1. The number of rotatable bonds is 5. The van der Waals surface area contributed by atoms with Crippen LogP contribution in [0.25, 0.3) is 0 Å². The molecule has 0 aliphatic carbocycles.